The number of esters is 2. The molecule has 11 heteroatoms. The summed E-state index contributed by atoms with van der Waals surface area (Å²) >= 11 is 6.69. The zero-order valence-electron chi connectivity index (χ0n) is 22.3. The number of hydrogen-bond acceptors (Lipinski definition) is 9. The Hall–Kier alpha value is -3.76. The number of halogens is 1. The number of hydrogen-bond donors (Lipinski definition) is 0. The predicted molar refractivity (Wildman–Crippen MR) is 146 cm³/mol. The number of nitrogens with zero attached hydrogens (tertiary/aromatic N) is 3. The number of rotatable bonds is 8. The smallest absolute Gasteiger partial charge is 0.355 e. The molecule has 1 fully saturated rings. The summed E-state index contributed by atoms with van der Waals surface area (Å²) in [4.78, 5) is 43.3. The first-order chi connectivity index (χ1) is 18.9. The van der Waals surface area contributed by atoms with Gasteiger partial charge in [-0.3, -0.25) is 4.79 Å². The van der Waals surface area contributed by atoms with Gasteiger partial charge in [-0.2, -0.15) is 0 Å². The zero-order valence-corrected chi connectivity index (χ0v) is 23.0. The van der Waals surface area contributed by atoms with E-state index in [0.29, 0.717) is 49.1 Å². The van der Waals surface area contributed by atoms with Gasteiger partial charge >= 0.3 is 11.9 Å². The van der Waals surface area contributed by atoms with Gasteiger partial charge in [0.25, 0.3) is 5.91 Å². The van der Waals surface area contributed by atoms with Gasteiger partial charge in [-0.1, -0.05) is 18.5 Å². The van der Waals surface area contributed by atoms with Crippen LogP contribution >= 0.6 is 11.6 Å². The third kappa shape index (κ3) is 6.29. The summed E-state index contributed by atoms with van der Waals surface area (Å²) in [6.07, 6.45) is 0.923. The predicted octanol–water partition coefficient (Wildman–Crippen LogP) is 3.49. The second kappa shape index (κ2) is 12.9. The molecule has 2 aromatic rings. The van der Waals surface area contributed by atoms with Crippen molar-refractivity contribution in [2.45, 2.75) is 13.3 Å². The minimum absolute atomic E-state index is 0.0215. The lowest BCUT2D eigenvalue weighted by atomic mass is 10.1. The zero-order chi connectivity index (χ0) is 27.9. The van der Waals surface area contributed by atoms with Gasteiger partial charge in [0.2, 0.25) is 0 Å². The van der Waals surface area contributed by atoms with Crippen molar-refractivity contribution in [2.24, 2.45) is 0 Å². The molecule has 1 saturated heterocycles. The molecule has 208 valence electrons. The van der Waals surface area contributed by atoms with Crippen LogP contribution < -0.4 is 14.5 Å². The summed E-state index contributed by atoms with van der Waals surface area (Å²) in [6.45, 7) is 4.95. The van der Waals surface area contributed by atoms with E-state index >= 15 is 0 Å². The molecule has 2 aliphatic rings. The Bertz CT molecular complexity index is 1240. The largest absolute Gasteiger partial charge is 0.494 e. The first-order valence-corrected chi connectivity index (χ1v) is 13.1. The van der Waals surface area contributed by atoms with Crippen molar-refractivity contribution >= 4 is 40.8 Å². The van der Waals surface area contributed by atoms with Crippen LogP contribution in [0, 0.1) is 0 Å². The molecule has 0 saturated carbocycles. The molecule has 39 heavy (non-hydrogen) atoms. The van der Waals surface area contributed by atoms with Crippen LogP contribution in [0.5, 0.6) is 5.75 Å². The molecule has 0 atom stereocenters. The van der Waals surface area contributed by atoms with Crippen molar-refractivity contribution in [3.05, 3.63) is 64.3 Å². The van der Waals surface area contributed by atoms with Crippen LogP contribution in [0.25, 0.3) is 0 Å². The van der Waals surface area contributed by atoms with Gasteiger partial charge in [-0.15, -0.1) is 0 Å². The van der Waals surface area contributed by atoms with E-state index in [0.717, 1.165) is 17.9 Å². The lowest BCUT2D eigenvalue weighted by molar-refractivity contribution is -0.140. The molecule has 1 amide bonds. The summed E-state index contributed by atoms with van der Waals surface area (Å²) in [5.41, 5.74) is 2.11. The van der Waals surface area contributed by atoms with Crippen LogP contribution in [-0.4, -0.2) is 83.1 Å². The fraction of sp³-hybridized carbons (Fsp3) is 0.393. The normalized spacial score (nSPS) is 15.7. The highest BCUT2D eigenvalue weighted by molar-refractivity contribution is 6.33. The highest BCUT2D eigenvalue weighted by Gasteiger charge is 2.33. The minimum Gasteiger partial charge on any atom is -0.494 e. The minimum atomic E-state index is -0.678. The Morgan fingerprint density at radius 1 is 0.949 bits per heavy atom. The maximum absolute atomic E-state index is 13.0. The number of benzene rings is 2. The van der Waals surface area contributed by atoms with E-state index in [-0.39, 0.29) is 30.5 Å². The highest BCUT2D eigenvalue weighted by atomic mass is 35.5. The first kappa shape index (κ1) is 28.3. The van der Waals surface area contributed by atoms with E-state index in [4.69, 9.17) is 30.5 Å². The van der Waals surface area contributed by atoms with E-state index in [2.05, 4.69) is 4.90 Å². The fourth-order valence-electron chi connectivity index (χ4n) is 4.51. The maximum atomic E-state index is 13.0. The second-order valence-corrected chi connectivity index (χ2v) is 9.41. The van der Waals surface area contributed by atoms with E-state index in [1.165, 1.54) is 19.1 Å². The maximum Gasteiger partial charge on any atom is 0.355 e. The van der Waals surface area contributed by atoms with E-state index in [9.17, 15) is 14.4 Å². The fourth-order valence-corrected chi connectivity index (χ4v) is 4.81. The van der Waals surface area contributed by atoms with Crippen LogP contribution in [-0.2, 0) is 23.8 Å². The average Bonchev–Trinajstić information content (AvgIpc) is 2.98. The second-order valence-electron chi connectivity index (χ2n) is 9.00. The van der Waals surface area contributed by atoms with Crippen LogP contribution in [0.1, 0.15) is 23.7 Å². The number of amides is 1. The van der Waals surface area contributed by atoms with Gasteiger partial charge < -0.3 is 33.6 Å². The summed E-state index contributed by atoms with van der Waals surface area (Å²) in [5.74, 6) is -0.617. The number of ether oxygens (including phenoxy) is 4. The molecule has 0 N–H and O–H groups in total. The molecule has 4 rings (SSSR count). The van der Waals surface area contributed by atoms with Crippen LogP contribution in [0.15, 0.2) is 53.7 Å². The van der Waals surface area contributed by atoms with Crippen molar-refractivity contribution in [1.29, 1.82) is 0 Å². The Kier molecular flexibility index (Phi) is 9.32. The van der Waals surface area contributed by atoms with Gasteiger partial charge in [0.1, 0.15) is 18.2 Å². The Balaban J connectivity index is 1.45. The van der Waals surface area contributed by atoms with Gasteiger partial charge in [-0.25, -0.2) is 9.59 Å². The van der Waals surface area contributed by atoms with Crippen molar-refractivity contribution in [3.63, 3.8) is 0 Å². The molecule has 10 nitrogen and oxygen atoms in total. The molecule has 0 aliphatic carbocycles. The topological polar surface area (TPSA) is 97.9 Å². The molecule has 2 aliphatic heterocycles. The molecule has 0 radical (unpaired) electrons. The number of carbonyl (C=O) groups is 3. The standard InChI is InChI=1S/C28H32ClN3O7/c1-4-15-39-21-8-5-19(6-9-21)26(33)31-13-11-30(12-14-31)24-10-7-20(16-23(24)29)32-18-38-17-22(27(34)36-2)25(32)28(35)37-3/h5-10,16H,4,11-15,17-18H2,1-3H3. The summed E-state index contributed by atoms with van der Waals surface area (Å²) in [7, 11) is 2.48. The summed E-state index contributed by atoms with van der Waals surface area (Å²) in [5, 5.41) is 0.462. The Labute approximate surface area is 232 Å². The molecule has 2 aromatic carbocycles. The van der Waals surface area contributed by atoms with Crippen molar-refractivity contribution in [3.8, 4) is 5.75 Å². The van der Waals surface area contributed by atoms with Gasteiger partial charge in [0, 0.05) is 37.4 Å². The Morgan fingerprint density at radius 3 is 2.26 bits per heavy atom. The molecule has 0 aromatic heterocycles. The monoisotopic (exact) mass is 557 g/mol. The molecular weight excluding hydrogens is 526 g/mol. The van der Waals surface area contributed by atoms with E-state index in [1.54, 1.807) is 24.3 Å². The van der Waals surface area contributed by atoms with Crippen molar-refractivity contribution in [2.75, 3.05) is 70.1 Å². The van der Waals surface area contributed by atoms with E-state index in [1.807, 2.05) is 30.0 Å². The van der Waals surface area contributed by atoms with E-state index < -0.39 is 11.9 Å². The van der Waals surface area contributed by atoms with Gasteiger partial charge in [0.05, 0.1) is 43.7 Å². The molecule has 0 spiro atoms. The van der Waals surface area contributed by atoms with Crippen LogP contribution in [0.2, 0.25) is 5.02 Å². The highest BCUT2D eigenvalue weighted by Crippen LogP contribution is 2.34. The summed E-state index contributed by atoms with van der Waals surface area (Å²) in [6, 6.07) is 12.6. The number of carbonyl (C=O) groups excluding carboxylic acids is 3. The van der Waals surface area contributed by atoms with Crippen LogP contribution in [0.3, 0.4) is 0 Å². The number of methoxy groups -OCH3 is 2. The molecule has 2 heterocycles. The number of piperazine rings is 1. The lowest BCUT2D eigenvalue weighted by Crippen LogP contribution is -2.48. The lowest BCUT2D eigenvalue weighted by Gasteiger charge is -2.37. The molecule has 0 unspecified atom stereocenters. The third-order valence-corrected chi connectivity index (χ3v) is 6.86. The quantitative estimate of drug-likeness (QED) is 0.452. The van der Waals surface area contributed by atoms with Crippen molar-refractivity contribution < 1.29 is 33.3 Å². The van der Waals surface area contributed by atoms with Crippen LogP contribution in [0.4, 0.5) is 11.4 Å². The first-order valence-electron chi connectivity index (χ1n) is 12.7. The summed E-state index contributed by atoms with van der Waals surface area (Å²) < 4.78 is 20.9. The average molecular weight is 558 g/mol. The number of anilines is 2. The SMILES string of the molecule is CCCOc1ccc(C(=O)N2CCN(c3ccc(N4COCC(C(=O)OC)=C4C(=O)OC)cc3Cl)CC2)cc1. The molecule has 0 bridgehead atoms. The molecular formula is C28H32ClN3O7. The third-order valence-electron chi connectivity index (χ3n) is 6.56. The van der Waals surface area contributed by atoms with Gasteiger partial charge in [0.15, 0.2) is 0 Å². The van der Waals surface area contributed by atoms with Gasteiger partial charge in [-0.05, 0) is 48.9 Å². The Morgan fingerprint density at radius 2 is 1.64 bits per heavy atom. The van der Waals surface area contributed by atoms with Crippen molar-refractivity contribution in [1.82, 2.24) is 4.90 Å².